The van der Waals surface area contributed by atoms with Crippen molar-refractivity contribution in [1.29, 1.82) is 0 Å². The number of benzene rings is 1. The van der Waals surface area contributed by atoms with E-state index < -0.39 is 0 Å². The van der Waals surface area contributed by atoms with Gasteiger partial charge in [0.1, 0.15) is 17.9 Å². The van der Waals surface area contributed by atoms with Gasteiger partial charge in [-0.25, -0.2) is 0 Å². The van der Waals surface area contributed by atoms with Crippen LogP contribution in [0.2, 0.25) is 0 Å². The van der Waals surface area contributed by atoms with Gasteiger partial charge in [-0.3, -0.25) is 4.98 Å². The molecule has 0 aliphatic rings. The molecule has 2 aromatic rings. The van der Waals surface area contributed by atoms with Crippen LogP contribution in [-0.2, 0) is 0 Å². The van der Waals surface area contributed by atoms with Crippen LogP contribution in [-0.4, -0.2) is 23.3 Å². The molecule has 0 spiro atoms. The molecule has 0 unspecified atom stereocenters. The molecule has 0 amide bonds. The zero-order valence-electron chi connectivity index (χ0n) is 7.98. The van der Waals surface area contributed by atoms with Gasteiger partial charge in [-0.2, -0.15) is 0 Å². The molecule has 15 heavy (non-hydrogen) atoms. The Morgan fingerprint density at radius 3 is 3.00 bits per heavy atom. The molecule has 1 heterocycles. The first-order valence-electron chi connectivity index (χ1n) is 4.60. The van der Waals surface area contributed by atoms with Crippen LogP contribution in [0.3, 0.4) is 0 Å². The summed E-state index contributed by atoms with van der Waals surface area (Å²) in [6.07, 6.45) is 1.72. The van der Waals surface area contributed by atoms with Crippen molar-refractivity contribution in [3.05, 3.63) is 34.9 Å². The van der Waals surface area contributed by atoms with Gasteiger partial charge in [0, 0.05) is 16.1 Å². The maximum absolute atomic E-state index is 8.70. The summed E-state index contributed by atoms with van der Waals surface area (Å²) in [5.74, 6) is 0.697. The van der Waals surface area contributed by atoms with Crippen molar-refractivity contribution in [1.82, 2.24) is 4.98 Å². The summed E-state index contributed by atoms with van der Waals surface area (Å²) in [6.45, 7) is 0.289. The molecular formula is C11H10BrNO2. The molecule has 0 atom stereocenters. The van der Waals surface area contributed by atoms with Crippen LogP contribution >= 0.6 is 15.9 Å². The van der Waals surface area contributed by atoms with Gasteiger partial charge >= 0.3 is 0 Å². The van der Waals surface area contributed by atoms with Crippen LogP contribution < -0.4 is 4.74 Å². The second kappa shape index (κ2) is 4.59. The number of aliphatic hydroxyl groups is 1. The molecule has 0 fully saturated rings. The zero-order chi connectivity index (χ0) is 10.7. The fourth-order valence-corrected chi connectivity index (χ4v) is 1.84. The smallest absolute Gasteiger partial charge is 0.145 e. The first-order chi connectivity index (χ1) is 7.33. The van der Waals surface area contributed by atoms with E-state index >= 15 is 0 Å². The minimum Gasteiger partial charge on any atom is -0.489 e. The van der Waals surface area contributed by atoms with E-state index in [0.717, 1.165) is 15.4 Å². The summed E-state index contributed by atoms with van der Waals surface area (Å²) < 4.78 is 6.38. The molecule has 0 saturated heterocycles. The average Bonchev–Trinajstić information content (AvgIpc) is 2.29. The van der Waals surface area contributed by atoms with Crippen LogP contribution in [0.15, 0.2) is 34.9 Å². The molecule has 0 aliphatic carbocycles. The lowest BCUT2D eigenvalue weighted by atomic mass is 10.2. The fourth-order valence-electron chi connectivity index (χ4n) is 1.38. The Morgan fingerprint density at radius 1 is 1.33 bits per heavy atom. The van der Waals surface area contributed by atoms with Gasteiger partial charge < -0.3 is 9.84 Å². The van der Waals surface area contributed by atoms with Crippen molar-refractivity contribution in [2.24, 2.45) is 0 Å². The minimum atomic E-state index is 0.00436. The highest BCUT2D eigenvalue weighted by molar-refractivity contribution is 9.10. The van der Waals surface area contributed by atoms with Crippen LogP contribution in [0, 0.1) is 0 Å². The predicted molar refractivity (Wildman–Crippen MR) is 62.0 cm³/mol. The van der Waals surface area contributed by atoms with Crippen molar-refractivity contribution < 1.29 is 9.84 Å². The average molecular weight is 268 g/mol. The van der Waals surface area contributed by atoms with Crippen molar-refractivity contribution >= 4 is 26.8 Å². The molecule has 3 nitrogen and oxygen atoms in total. The third-order valence-corrected chi connectivity index (χ3v) is 2.72. The van der Waals surface area contributed by atoms with Crippen LogP contribution in [0.5, 0.6) is 5.75 Å². The predicted octanol–water partition coefficient (Wildman–Crippen LogP) is 2.37. The van der Waals surface area contributed by atoms with Crippen molar-refractivity contribution in [2.75, 3.05) is 13.2 Å². The highest BCUT2D eigenvalue weighted by Gasteiger charge is 2.05. The second-order valence-electron chi connectivity index (χ2n) is 3.02. The number of halogens is 1. The summed E-state index contributed by atoms with van der Waals surface area (Å²) in [4.78, 5) is 4.26. The highest BCUT2D eigenvalue weighted by atomic mass is 79.9. The van der Waals surface area contributed by atoms with Gasteiger partial charge in [0.25, 0.3) is 0 Å². The Labute approximate surface area is 95.8 Å². The number of aliphatic hydroxyl groups excluding tert-OH is 1. The Kier molecular flexibility index (Phi) is 3.18. The largest absolute Gasteiger partial charge is 0.489 e. The third-order valence-electron chi connectivity index (χ3n) is 2.03. The standard InChI is InChI=1S/C11H10BrNO2/c12-9-3-4-10(15-7-6-14)11-8(9)2-1-5-13-11/h1-5,14H,6-7H2. The van der Waals surface area contributed by atoms with E-state index in [-0.39, 0.29) is 13.2 Å². The third kappa shape index (κ3) is 2.11. The summed E-state index contributed by atoms with van der Waals surface area (Å²) in [5.41, 5.74) is 0.806. The van der Waals surface area contributed by atoms with Crippen LogP contribution in [0.4, 0.5) is 0 Å². The quantitative estimate of drug-likeness (QED) is 0.929. The normalized spacial score (nSPS) is 10.5. The molecule has 0 aliphatic heterocycles. The SMILES string of the molecule is OCCOc1ccc(Br)c2cccnc12. The van der Waals surface area contributed by atoms with Gasteiger partial charge in [-0.05, 0) is 18.2 Å². The van der Waals surface area contributed by atoms with Crippen LogP contribution in [0.25, 0.3) is 10.9 Å². The van der Waals surface area contributed by atoms with E-state index in [2.05, 4.69) is 20.9 Å². The fraction of sp³-hybridized carbons (Fsp3) is 0.182. The lowest BCUT2D eigenvalue weighted by Crippen LogP contribution is -2.02. The maximum Gasteiger partial charge on any atom is 0.145 e. The summed E-state index contributed by atoms with van der Waals surface area (Å²) in [6, 6.07) is 7.60. The van der Waals surface area contributed by atoms with E-state index in [1.165, 1.54) is 0 Å². The van der Waals surface area contributed by atoms with E-state index in [0.29, 0.717) is 5.75 Å². The van der Waals surface area contributed by atoms with Crippen LogP contribution in [0.1, 0.15) is 0 Å². The molecule has 1 aromatic carbocycles. The van der Waals surface area contributed by atoms with Gasteiger partial charge in [-0.1, -0.05) is 22.0 Å². The molecule has 78 valence electrons. The number of nitrogens with zero attached hydrogens (tertiary/aromatic N) is 1. The Morgan fingerprint density at radius 2 is 2.20 bits per heavy atom. The van der Waals surface area contributed by atoms with Gasteiger partial charge in [0.05, 0.1) is 6.61 Å². The molecule has 1 aromatic heterocycles. The second-order valence-corrected chi connectivity index (χ2v) is 3.87. The number of rotatable bonds is 3. The Hall–Kier alpha value is -1.13. The Balaban J connectivity index is 2.51. The van der Waals surface area contributed by atoms with Crippen molar-refractivity contribution in [3.63, 3.8) is 0 Å². The lowest BCUT2D eigenvalue weighted by Gasteiger charge is -2.07. The Bertz CT molecular complexity index is 473. The van der Waals surface area contributed by atoms with E-state index in [9.17, 15) is 0 Å². The van der Waals surface area contributed by atoms with Crippen molar-refractivity contribution in [2.45, 2.75) is 0 Å². The molecule has 1 N–H and O–H groups in total. The van der Waals surface area contributed by atoms with E-state index in [1.54, 1.807) is 6.20 Å². The van der Waals surface area contributed by atoms with Gasteiger partial charge in [-0.15, -0.1) is 0 Å². The number of ether oxygens (including phenoxy) is 1. The number of aromatic nitrogens is 1. The first kappa shape index (κ1) is 10.4. The molecule has 0 saturated carbocycles. The van der Waals surface area contributed by atoms with E-state index in [1.807, 2.05) is 24.3 Å². The monoisotopic (exact) mass is 267 g/mol. The number of fused-ring (bicyclic) bond motifs is 1. The first-order valence-corrected chi connectivity index (χ1v) is 5.39. The highest BCUT2D eigenvalue weighted by Crippen LogP contribution is 2.29. The summed E-state index contributed by atoms with van der Waals surface area (Å²) in [7, 11) is 0. The molecule has 0 radical (unpaired) electrons. The minimum absolute atomic E-state index is 0.00436. The molecule has 4 heteroatoms. The lowest BCUT2D eigenvalue weighted by molar-refractivity contribution is 0.202. The molecule has 0 bridgehead atoms. The van der Waals surface area contributed by atoms with E-state index in [4.69, 9.17) is 9.84 Å². The topological polar surface area (TPSA) is 42.4 Å². The molecular weight excluding hydrogens is 258 g/mol. The summed E-state index contributed by atoms with van der Waals surface area (Å²) in [5, 5.41) is 9.71. The number of hydrogen-bond donors (Lipinski definition) is 1. The summed E-state index contributed by atoms with van der Waals surface area (Å²) >= 11 is 3.45. The number of pyridine rings is 1. The zero-order valence-corrected chi connectivity index (χ0v) is 9.57. The maximum atomic E-state index is 8.70. The number of hydrogen-bond acceptors (Lipinski definition) is 3. The van der Waals surface area contributed by atoms with Gasteiger partial charge in [0.2, 0.25) is 0 Å². The van der Waals surface area contributed by atoms with Gasteiger partial charge in [0.15, 0.2) is 0 Å². The van der Waals surface area contributed by atoms with Crippen molar-refractivity contribution in [3.8, 4) is 5.75 Å². The molecule has 2 rings (SSSR count).